The number of nitrogens with zero attached hydrogens (tertiary/aromatic N) is 1. The number of rotatable bonds is 5. The molecular formula is C54H47N. The highest BCUT2D eigenvalue weighted by atomic mass is 15.1. The van der Waals surface area contributed by atoms with Crippen molar-refractivity contribution in [3.05, 3.63) is 221 Å². The van der Waals surface area contributed by atoms with Gasteiger partial charge in [0.25, 0.3) is 0 Å². The van der Waals surface area contributed by atoms with E-state index in [4.69, 9.17) is 0 Å². The van der Waals surface area contributed by atoms with Crippen LogP contribution >= 0.6 is 0 Å². The third kappa shape index (κ3) is 5.96. The van der Waals surface area contributed by atoms with Crippen molar-refractivity contribution in [3.8, 4) is 22.3 Å². The summed E-state index contributed by atoms with van der Waals surface area (Å²) < 4.78 is 0. The fourth-order valence-corrected chi connectivity index (χ4v) is 9.08. The van der Waals surface area contributed by atoms with Gasteiger partial charge in [0.15, 0.2) is 0 Å². The van der Waals surface area contributed by atoms with Gasteiger partial charge in [0.1, 0.15) is 0 Å². The Morgan fingerprint density at radius 3 is 1.49 bits per heavy atom. The lowest BCUT2D eigenvalue weighted by atomic mass is 9.79. The van der Waals surface area contributed by atoms with E-state index in [9.17, 15) is 0 Å². The lowest BCUT2D eigenvalue weighted by Crippen LogP contribution is -2.18. The molecule has 55 heavy (non-hydrogen) atoms. The topological polar surface area (TPSA) is 3.24 Å². The van der Waals surface area contributed by atoms with E-state index in [0.717, 1.165) is 17.8 Å². The van der Waals surface area contributed by atoms with Gasteiger partial charge in [-0.05, 0) is 117 Å². The number of aryl methyl sites for hydroxylation is 1. The third-order valence-corrected chi connectivity index (χ3v) is 12.0. The van der Waals surface area contributed by atoms with Gasteiger partial charge in [-0.25, -0.2) is 0 Å². The molecule has 0 N–H and O–H groups in total. The number of benzene rings is 8. The molecule has 0 fully saturated rings. The standard InChI is InChI=1S/C47H39N.C7H8/c1-46(2)40-27-32(26-31-16-8-5-9-17-31)24-25-35(40)38-28-42-39(29-41(38)46)45-37-23-15-14-22-36(37)44(30-43(45)47(42,3)4)48(33-18-10-6-11-19-33)34-20-12-7-13-21-34;1-7-5-3-2-4-6-7/h5-25,27-30H,26H2,1-4H3;2-6H,1H3. The van der Waals surface area contributed by atoms with E-state index in [2.05, 4.69) is 203 Å². The van der Waals surface area contributed by atoms with Crippen LogP contribution in [0.5, 0.6) is 0 Å². The maximum absolute atomic E-state index is 2.55. The van der Waals surface area contributed by atoms with Crippen LogP contribution in [0.2, 0.25) is 0 Å². The first kappa shape index (κ1) is 34.6. The average Bonchev–Trinajstić information content (AvgIpc) is 3.57. The van der Waals surface area contributed by atoms with Gasteiger partial charge >= 0.3 is 0 Å². The van der Waals surface area contributed by atoms with Crippen molar-refractivity contribution >= 4 is 27.8 Å². The highest BCUT2D eigenvalue weighted by Crippen LogP contribution is 2.58. The molecule has 0 amide bonds. The number of hydrogen-bond acceptors (Lipinski definition) is 1. The Morgan fingerprint density at radius 1 is 0.400 bits per heavy atom. The lowest BCUT2D eigenvalue weighted by molar-refractivity contribution is 0.651. The molecule has 0 saturated heterocycles. The Labute approximate surface area is 326 Å². The molecule has 0 radical (unpaired) electrons. The third-order valence-electron chi connectivity index (χ3n) is 12.0. The molecule has 268 valence electrons. The zero-order valence-electron chi connectivity index (χ0n) is 32.5. The van der Waals surface area contributed by atoms with Gasteiger partial charge in [0.2, 0.25) is 0 Å². The molecule has 8 aromatic carbocycles. The molecule has 0 saturated carbocycles. The minimum absolute atomic E-state index is 0.0908. The Morgan fingerprint density at radius 2 is 0.891 bits per heavy atom. The highest BCUT2D eigenvalue weighted by molar-refractivity contribution is 6.10. The second-order valence-corrected chi connectivity index (χ2v) is 16.3. The number of hydrogen-bond donors (Lipinski definition) is 0. The fourth-order valence-electron chi connectivity index (χ4n) is 9.08. The minimum atomic E-state index is -0.169. The normalized spacial score (nSPS) is 13.9. The molecule has 0 bridgehead atoms. The van der Waals surface area contributed by atoms with E-state index in [1.165, 1.54) is 77.7 Å². The maximum Gasteiger partial charge on any atom is 0.0543 e. The monoisotopic (exact) mass is 709 g/mol. The molecule has 1 nitrogen and oxygen atoms in total. The number of fused-ring (bicyclic) bond motifs is 8. The molecule has 0 aromatic heterocycles. The van der Waals surface area contributed by atoms with Crippen LogP contribution in [0.15, 0.2) is 182 Å². The summed E-state index contributed by atoms with van der Waals surface area (Å²) in [6.07, 6.45) is 0.953. The Kier molecular flexibility index (Phi) is 8.55. The molecule has 2 aliphatic rings. The fraction of sp³-hybridized carbons (Fsp3) is 0.148. The van der Waals surface area contributed by atoms with Crippen LogP contribution in [0.3, 0.4) is 0 Å². The van der Waals surface area contributed by atoms with Gasteiger partial charge in [-0.2, -0.15) is 0 Å². The summed E-state index contributed by atoms with van der Waals surface area (Å²) in [5.74, 6) is 0. The van der Waals surface area contributed by atoms with Crippen LogP contribution in [0, 0.1) is 6.92 Å². The van der Waals surface area contributed by atoms with Crippen molar-refractivity contribution in [1.29, 1.82) is 0 Å². The molecular weight excluding hydrogens is 663 g/mol. The molecule has 0 unspecified atom stereocenters. The Balaban J connectivity index is 0.000000513. The molecule has 10 rings (SSSR count). The molecule has 0 atom stereocenters. The van der Waals surface area contributed by atoms with E-state index < -0.39 is 0 Å². The summed E-state index contributed by atoms with van der Waals surface area (Å²) in [6.45, 7) is 11.7. The Hall–Kier alpha value is -6.18. The van der Waals surface area contributed by atoms with Gasteiger partial charge < -0.3 is 4.90 Å². The molecule has 2 aliphatic carbocycles. The van der Waals surface area contributed by atoms with Crippen LogP contribution in [-0.2, 0) is 17.3 Å². The van der Waals surface area contributed by atoms with E-state index in [1.807, 2.05) is 18.2 Å². The summed E-state index contributed by atoms with van der Waals surface area (Å²) >= 11 is 0. The minimum Gasteiger partial charge on any atom is -0.310 e. The van der Waals surface area contributed by atoms with Crippen molar-refractivity contribution in [3.63, 3.8) is 0 Å². The van der Waals surface area contributed by atoms with Crippen LogP contribution in [-0.4, -0.2) is 0 Å². The van der Waals surface area contributed by atoms with Crippen molar-refractivity contribution in [2.24, 2.45) is 0 Å². The molecule has 1 heteroatoms. The van der Waals surface area contributed by atoms with Gasteiger partial charge in [-0.1, -0.05) is 173 Å². The summed E-state index contributed by atoms with van der Waals surface area (Å²) in [6, 6.07) is 66.4. The van der Waals surface area contributed by atoms with Crippen molar-refractivity contribution in [1.82, 2.24) is 0 Å². The smallest absolute Gasteiger partial charge is 0.0543 e. The van der Waals surface area contributed by atoms with Crippen molar-refractivity contribution < 1.29 is 0 Å². The van der Waals surface area contributed by atoms with Gasteiger partial charge in [0, 0.05) is 27.6 Å². The summed E-state index contributed by atoms with van der Waals surface area (Å²) in [5, 5.41) is 2.58. The van der Waals surface area contributed by atoms with Gasteiger partial charge in [0.05, 0.1) is 5.69 Å². The van der Waals surface area contributed by atoms with Gasteiger partial charge in [-0.3, -0.25) is 0 Å². The maximum atomic E-state index is 2.55. The van der Waals surface area contributed by atoms with E-state index in [1.54, 1.807) is 0 Å². The number of anilines is 3. The van der Waals surface area contributed by atoms with Crippen LogP contribution in [0.1, 0.15) is 66.6 Å². The Bertz CT molecular complexity index is 2610. The zero-order chi connectivity index (χ0) is 37.7. The number of para-hydroxylation sites is 2. The predicted molar refractivity (Wildman–Crippen MR) is 234 cm³/mol. The van der Waals surface area contributed by atoms with Crippen molar-refractivity contribution in [2.45, 2.75) is 51.9 Å². The highest BCUT2D eigenvalue weighted by Gasteiger charge is 2.43. The summed E-state index contributed by atoms with van der Waals surface area (Å²) in [4.78, 5) is 2.42. The first-order valence-electron chi connectivity index (χ1n) is 19.6. The molecule has 0 aliphatic heterocycles. The van der Waals surface area contributed by atoms with E-state index in [0.29, 0.717) is 0 Å². The van der Waals surface area contributed by atoms with Crippen LogP contribution in [0.25, 0.3) is 33.0 Å². The SMILES string of the molecule is CC1(C)c2cc(Cc3ccccc3)ccc2-c2cc3c(cc21)-c1c(cc(N(c2ccccc2)c2ccccc2)c2ccccc12)C3(C)C.Cc1ccccc1. The largest absolute Gasteiger partial charge is 0.310 e. The predicted octanol–water partition coefficient (Wildman–Crippen LogP) is 14.5. The average molecular weight is 710 g/mol. The second-order valence-electron chi connectivity index (χ2n) is 16.3. The summed E-state index contributed by atoms with van der Waals surface area (Å²) in [7, 11) is 0. The molecule has 0 spiro atoms. The van der Waals surface area contributed by atoms with Crippen molar-refractivity contribution in [2.75, 3.05) is 4.90 Å². The van der Waals surface area contributed by atoms with Crippen LogP contribution in [0.4, 0.5) is 17.1 Å². The zero-order valence-corrected chi connectivity index (χ0v) is 32.5. The first-order chi connectivity index (χ1) is 26.7. The molecule has 8 aromatic rings. The first-order valence-corrected chi connectivity index (χ1v) is 19.6. The van der Waals surface area contributed by atoms with Gasteiger partial charge in [-0.15, -0.1) is 0 Å². The van der Waals surface area contributed by atoms with E-state index >= 15 is 0 Å². The lowest BCUT2D eigenvalue weighted by Gasteiger charge is -2.29. The van der Waals surface area contributed by atoms with Crippen LogP contribution < -0.4 is 4.90 Å². The second kappa shape index (κ2) is 13.6. The quantitative estimate of drug-likeness (QED) is 0.172. The summed E-state index contributed by atoms with van der Waals surface area (Å²) in [5.41, 5.74) is 18.5. The van der Waals surface area contributed by atoms with E-state index in [-0.39, 0.29) is 10.8 Å². The molecule has 0 heterocycles.